The van der Waals surface area contributed by atoms with Crippen molar-refractivity contribution in [1.29, 1.82) is 0 Å². The number of halogens is 2. The predicted molar refractivity (Wildman–Crippen MR) is 107 cm³/mol. The van der Waals surface area contributed by atoms with Gasteiger partial charge in [-0.1, -0.05) is 52.7 Å². The van der Waals surface area contributed by atoms with E-state index in [1.807, 2.05) is 30.5 Å². The van der Waals surface area contributed by atoms with Crippen LogP contribution in [0.15, 0.2) is 47.9 Å². The van der Waals surface area contributed by atoms with E-state index in [0.717, 1.165) is 11.3 Å². The van der Waals surface area contributed by atoms with E-state index in [4.69, 9.17) is 23.2 Å². The number of benzene rings is 2. The summed E-state index contributed by atoms with van der Waals surface area (Å²) in [5.41, 5.74) is 3.77. The van der Waals surface area contributed by atoms with E-state index in [9.17, 15) is 4.79 Å². The Hall–Kier alpha value is -2.02. The molecule has 3 aromatic rings. The van der Waals surface area contributed by atoms with E-state index in [1.54, 1.807) is 24.5 Å². The number of carbonyl (C=O) groups is 1. The summed E-state index contributed by atoms with van der Waals surface area (Å²) in [5, 5.41) is 12.4. The molecule has 0 radical (unpaired) electrons. The summed E-state index contributed by atoms with van der Waals surface area (Å²) in [4.78, 5) is 12.2. The smallest absolute Gasteiger partial charge is 0.234 e. The number of thioether (sulfide) groups is 1. The first kappa shape index (κ1) is 18.8. The molecular formula is C18H16Cl2N4OS. The Bertz CT molecular complexity index is 958. The van der Waals surface area contributed by atoms with Crippen LogP contribution in [0.1, 0.15) is 11.1 Å². The van der Waals surface area contributed by atoms with Crippen LogP contribution in [0.3, 0.4) is 0 Å². The lowest BCUT2D eigenvalue weighted by Gasteiger charge is -2.10. The number of amides is 1. The van der Waals surface area contributed by atoms with Gasteiger partial charge in [-0.25, -0.2) is 0 Å². The Morgan fingerprint density at radius 1 is 1.19 bits per heavy atom. The van der Waals surface area contributed by atoms with Crippen molar-refractivity contribution in [3.63, 3.8) is 0 Å². The molecular weight excluding hydrogens is 391 g/mol. The molecule has 1 N–H and O–H groups in total. The quantitative estimate of drug-likeness (QED) is 0.610. The van der Waals surface area contributed by atoms with Crippen LogP contribution >= 0.6 is 35.0 Å². The highest BCUT2D eigenvalue weighted by Crippen LogP contribution is 2.26. The average molecular weight is 407 g/mol. The second kappa shape index (κ2) is 8.12. The molecule has 2 aromatic carbocycles. The fourth-order valence-electron chi connectivity index (χ4n) is 2.47. The number of aryl methyl sites for hydroxylation is 2. The third kappa shape index (κ3) is 4.38. The molecule has 8 heteroatoms. The second-order valence-electron chi connectivity index (χ2n) is 5.73. The normalized spacial score (nSPS) is 10.8. The summed E-state index contributed by atoms with van der Waals surface area (Å²) < 4.78 is 1.87. The molecule has 0 aliphatic carbocycles. The standard InChI is InChI=1S/C18H16Cl2N4OS/c1-11-3-6-16(12(2)7-11)24-10-21-23-18(24)26-9-17(25)22-15-8-13(19)4-5-14(15)20/h3-8,10H,9H2,1-2H3,(H,22,25). The number of nitrogens with one attached hydrogen (secondary N) is 1. The van der Waals surface area contributed by atoms with Crippen molar-refractivity contribution in [2.24, 2.45) is 0 Å². The molecule has 5 nitrogen and oxygen atoms in total. The third-order valence-electron chi connectivity index (χ3n) is 3.66. The highest BCUT2D eigenvalue weighted by molar-refractivity contribution is 7.99. The molecule has 3 rings (SSSR count). The molecule has 0 saturated heterocycles. The monoisotopic (exact) mass is 406 g/mol. The van der Waals surface area contributed by atoms with Crippen molar-refractivity contribution in [2.45, 2.75) is 19.0 Å². The van der Waals surface area contributed by atoms with Gasteiger partial charge in [-0.05, 0) is 43.7 Å². The number of hydrogen-bond donors (Lipinski definition) is 1. The van der Waals surface area contributed by atoms with Gasteiger partial charge in [-0.15, -0.1) is 10.2 Å². The van der Waals surface area contributed by atoms with E-state index < -0.39 is 0 Å². The minimum atomic E-state index is -0.200. The lowest BCUT2D eigenvalue weighted by Crippen LogP contribution is -2.15. The molecule has 1 heterocycles. The molecule has 0 bridgehead atoms. The topological polar surface area (TPSA) is 59.8 Å². The van der Waals surface area contributed by atoms with Gasteiger partial charge in [0.25, 0.3) is 0 Å². The average Bonchev–Trinajstić information content (AvgIpc) is 3.04. The van der Waals surface area contributed by atoms with Crippen LogP contribution in [0, 0.1) is 13.8 Å². The molecule has 0 spiro atoms. The van der Waals surface area contributed by atoms with Crippen LogP contribution in [0.2, 0.25) is 10.0 Å². The van der Waals surface area contributed by atoms with Crippen molar-refractivity contribution < 1.29 is 4.79 Å². The first-order chi connectivity index (χ1) is 12.4. The highest BCUT2D eigenvalue weighted by Gasteiger charge is 2.13. The number of rotatable bonds is 5. The van der Waals surface area contributed by atoms with Gasteiger partial charge in [0.2, 0.25) is 5.91 Å². The van der Waals surface area contributed by atoms with Crippen molar-refractivity contribution in [2.75, 3.05) is 11.1 Å². The number of anilines is 1. The van der Waals surface area contributed by atoms with Gasteiger partial charge < -0.3 is 5.32 Å². The number of nitrogens with zero attached hydrogens (tertiary/aromatic N) is 3. The van der Waals surface area contributed by atoms with E-state index in [1.165, 1.54) is 17.3 Å². The summed E-state index contributed by atoms with van der Waals surface area (Å²) in [6.45, 7) is 4.08. The van der Waals surface area contributed by atoms with E-state index in [-0.39, 0.29) is 11.7 Å². The Labute approximate surface area is 165 Å². The van der Waals surface area contributed by atoms with Crippen LogP contribution < -0.4 is 5.32 Å². The fourth-order valence-corrected chi connectivity index (χ4v) is 3.53. The van der Waals surface area contributed by atoms with Crippen LogP contribution in [-0.2, 0) is 4.79 Å². The molecule has 26 heavy (non-hydrogen) atoms. The molecule has 0 aliphatic rings. The van der Waals surface area contributed by atoms with Gasteiger partial charge in [0.15, 0.2) is 5.16 Å². The Balaban J connectivity index is 1.70. The van der Waals surface area contributed by atoms with Gasteiger partial charge in [-0.2, -0.15) is 0 Å². The molecule has 0 atom stereocenters. The lowest BCUT2D eigenvalue weighted by atomic mass is 10.1. The summed E-state index contributed by atoms with van der Waals surface area (Å²) in [5.74, 6) is -0.0266. The molecule has 0 unspecified atom stereocenters. The predicted octanol–water partition coefficient (Wildman–Crippen LogP) is 4.92. The van der Waals surface area contributed by atoms with Crippen LogP contribution in [0.4, 0.5) is 5.69 Å². The summed E-state index contributed by atoms with van der Waals surface area (Å²) >= 11 is 13.3. The summed E-state index contributed by atoms with van der Waals surface area (Å²) in [7, 11) is 0. The van der Waals surface area contributed by atoms with E-state index in [0.29, 0.717) is 20.9 Å². The van der Waals surface area contributed by atoms with Crippen molar-refractivity contribution >= 4 is 46.6 Å². The van der Waals surface area contributed by atoms with Gasteiger partial charge in [0.1, 0.15) is 6.33 Å². The summed E-state index contributed by atoms with van der Waals surface area (Å²) in [6, 6.07) is 11.1. The molecule has 0 fully saturated rings. The number of hydrogen-bond acceptors (Lipinski definition) is 4. The third-order valence-corrected chi connectivity index (χ3v) is 5.17. The Morgan fingerprint density at radius 2 is 2.00 bits per heavy atom. The highest BCUT2D eigenvalue weighted by atomic mass is 35.5. The number of carbonyl (C=O) groups excluding carboxylic acids is 1. The van der Waals surface area contributed by atoms with Crippen LogP contribution in [0.25, 0.3) is 5.69 Å². The molecule has 1 amide bonds. The van der Waals surface area contributed by atoms with Gasteiger partial charge in [0.05, 0.1) is 22.2 Å². The SMILES string of the molecule is Cc1ccc(-n2cnnc2SCC(=O)Nc2cc(Cl)ccc2Cl)c(C)c1. The maximum absolute atomic E-state index is 12.2. The summed E-state index contributed by atoms with van der Waals surface area (Å²) in [6.07, 6.45) is 1.64. The Kier molecular flexibility index (Phi) is 5.86. The van der Waals surface area contributed by atoms with Crippen molar-refractivity contribution in [1.82, 2.24) is 14.8 Å². The first-order valence-corrected chi connectivity index (χ1v) is 9.53. The van der Waals surface area contributed by atoms with Gasteiger partial charge in [0, 0.05) is 5.02 Å². The molecule has 0 aliphatic heterocycles. The Morgan fingerprint density at radius 3 is 2.77 bits per heavy atom. The van der Waals surface area contributed by atoms with E-state index >= 15 is 0 Å². The minimum absolute atomic E-state index is 0.173. The van der Waals surface area contributed by atoms with Crippen molar-refractivity contribution in [3.05, 3.63) is 63.9 Å². The zero-order valence-corrected chi connectivity index (χ0v) is 16.5. The fraction of sp³-hybridized carbons (Fsp3) is 0.167. The van der Waals surface area contributed by atoms with Gasteiger partial charge in [-0.3, -0.25) is 9.36 Å². The zero-order chi connectivity index (χ0) is 18.7. The molecule has 134 valence electrons. The second-order valence-corrected chi connectivity index (χ2v) is 7.52. The molecule has 1 aromatic heterocycles. The molecule has 0 saturated carbocycles. The first-order valence-electron chi connectivity index (χ1n) is 7.79. The largest absolute Gasteiger partial charge is 0.324 e. The maximum Gasteiger partial charge on any atom is 0.234 e. The van der Waals surface area contributed by atoms with Crippen LogP contribution in [-0.4, -0.2) is 26.4 Å². The lowest BCUT2D eigenvalue weighted by molar-refractivity contribution is -0.113. The maximum atomic E-state index is 12.2. The van der Waals surface area contributed by atoms with Gasteiger partial charge >= 0.3 is 0 Å². The minimum Gasteiger partial charge on any atom is -0.324 e. The van der Waals surface area contributed by atoms with Crippen molar-refractivity contribution in [3.8, 4) is 5.69 Å². The van der Waals surface area contributed by atoms with Crippen LogP contribution in [0.5, 0.6) is 0 Å². The zero-order valence-electron chi connectivity index (χ0n) is 14.2. The number of aromatic nitrogens is 3. The van der Waals surface area contributed by atoms with E-state index in [2.05, 4.69) is 21.6 Å².